The van der Waals surface area contributed by atoms with E-state index >= 15 is 0 Å². The van der Waals surface area contributed by atoms with Crippen LogP contribution in [0.3, 0.4) is 0 Å². The van der Waals surface area contributed by atoms with Gasteiger partial charge >= 0.3 is 11.9 Å². The first-order valence-corrected chi connectivity index (χ1v) is 11.9. The second-order valence-electron chi connectivity index (χ2n) is 7.80. The van der Waals surface area contributed by atoms with Gasteiger partial charge in [-0.2, -0.15) is 0 Å². The first-order valence-electron chi connectivity index (χ1n) is 11.0. The summed E-state index contributed by atoms with van der Waals surface area (Å²) < 4.78 is 15.5. The molecule has 1 amide bonds. The maximum Gasteiger partial charge on any atom is 0.350 e. The van der Waals surface area contributed by atoms with Gasteiger partial charge in [0.25, 0.3) is 5.78 Å². The number of Topliss-reactive ketones (excluding diaryl/α,β-unsaturated/α-hetero) is 1. The zero-order valence-electron chi connectivity index (χ0n) is 20.1. The summed E-state index contributed by atoms with van der Waals surface area (Å²) in [6, 6.07) is 12.4. The van der Waals surface area contributed by atoms with Crippen LogP contribution in [0.25, 0.3) is 5.76 Å². The van der Waals surface area contributed by atoms with E-state index in [2.05, 4.69) is 4.98 Å². The van der Waals surface area contributed by atoms with E-state index in [1.54, 1.807) is 55.5 Å². The molecule has 1 atom stereocenters. The maximum absolute atomic E-state index is 13.3. The molecule has 1 aromatic heterocycles. The van der Waals surface area contributed by atoms with Crippen LogP contribution in [0, 0.1) is 6.92 Å². The van der Waals surface area contributed by atoms with Crippen LogP contribution in [0.5, 0.6) is 11.5 Å². The van der Waals surface area contributed by atoms with E-state index < -0.39 is 23.7 Å². The fourth-order valence-electron chi connectivity index (χ4n) is 3.93. The molecule has 36 heavy (non-hydrogen) atoms. The van der Waals surface area contributed by atoms with Crippen molar-refractivity contribution in [3.05, 3.63) is 75.8 Å². The maximum atomic E-state index is 13.3. The number of rotatable bonds is 7. The van der Waals surface area contributed by atoms with Gasteiger partial charge in [0.1, 0.15) is 22.1 Å². The van der Waals surface area contributed by atoms with Crippen LogP contribution in [0.15, 0.2) is 54.1 Å². The second-order valence-corrected chi connectivity index (χ2v) is 8.78. The number of hydrogen-bond acceptors (Lipinski definition) is 9. The summed E-state index contributed by atoms with van der Waals surface area (Å²) in [6.45, 7) is 3.96. The zero-order chi connectivity index (χ0) is 26.0. The van der Waals surface area contributed by atoms with Crippen LogP contribution < -0.4 is 14.4 Å². The predicted molar refractivity (Wildman–Crippen MR) is 134 cm³/mol. The van der Waals surface area contributed by atoms with Crippen LogP contribution in [-0.2, 0) is 14.3 Å². The molecule has 1 aliphatic rings. The normalized spacial score (nSPS) is 16.8. The number of aryl methyl sites for hydroxylation is 1. The number of aliphatic hydroxyl groups is 1. The Kier molecular flexibility index (Phi) is 7.07. The van der Waals surface area contributed by atoms with Gasteiger partial charge in [-0.1, -0.05) is 23.5 Å². The summed E-state index contributed by atoms with van der Waals surface area (Å²) >= 11 is 0.941. The van der Waals surface area contributed by atoms with Gasteiger partial charge in [-0.15, -0.1) is 0 Å². The summed E-state index contributed by atoms with van der Waals surface area (Å²) in [5.74, 6) is -1.47. The van der Waals surface area contributed by atoms with Crippen molar-refractivity contribution in [2.45, 2.75) is 19.9 Å². The van der Waals surface area contributed by atoms with E-state index in [-0.39, 0.29) is 21.3 Å². The lowest BCUT2D eigenvalue weighted by atomic mass is 9.95. The smallest absolute Gasteiger partial charge is 0.350 e. The third-order valence-electron chi connectivity index (χ3n) is 5.68. The minimum Gasteiger partial charge on any atom is -0.507 e. The number of methoxy groups -OCH3 is 2. The number of amides is 1. The molecule has 0 radical (unpaired) electrons. The highest BCUT2D eigenvalue weighted by Crippen LogP contribution is 2.44. The number of anilines is 1. The van der Waals surface area contributed by atoms with E-state index in [0.29, 0.717) is 34.9 Å². The van der Waals surface area contributed by atoms with Crippen molar-refractivity contribution in [3.63, 3.8) is 0 Å². The SMILES string of the molecule is CCOc1ccc(C2/C(=C(\O)c3ccc(OC)cc3)C(=O)C(=O)N2c2nc(C)c(C(=O)OC)s2)cc1. The lowest BCUT2D eigenvalue weighted by Gasteiger charge is -2.23. The Hall–Kier alpha value is -4.18. The van der Waals surface area contributed by atoms with E-state index in [9.17, 15) is 19.5 Å². The molecule has 1 unspecified atom stereocenters. The van der Waals surface area contributed by atoms with E-state index in [4.69, 9.17) is 14.2 Å². The molecule has 2 heterocycles. The summed E-state index contributed by atoms with van der Waals surface area (Å²) in [7, 11) is 2.77. The number of nitrogens with zero attached hydrogens (tertiary/aromatic N) is 2. The highest BCUT2D eigenvalue weighted by atomic mass is 32.1. The largest absolute Gasteiger partial charge is 0.507 e. The zero-order valence-corrected chi connectivity index (χ0v) is 20.9. The highest BCUT2D eigenvalue weighted by molar-refractivity contribution is 7.17. The van der Waals surface area contributed by atoms with Crippen molar-refractivity contribution in [2.24, 2.45) is 0 Å². The summed E-state index contributed by atoms with van der Waals surface area (Å²) in [6.07, 6.45) is 0. The third-order valence-corrected chi connectivity index (χ3v) is 6.81. The average molecular weight is 509 g/mol. The summed E-state index contributed by atoms with van der Waals surface area (Å²) in [5, 5.41) is 11.4. The number of hydrogen-bond donors (Lipinski definition) is 1. The number of carbonyl (C=O) groups is 3. The summed E-state index contributed by atoms with van der Waals surface area (Å²) in [4.78, 5) is 44.6. The molecule has 1 N–H and O–H groups in total. The first kappa shape index (κ1) is 24.9. The Morgan fingerprint density at radius 1 is 1.06 bits per heavy atom. The minimum atomic E-state index is -0.987. The van der Waals surface area contributed by atoms with Crippen LogP contribution in [0.2, 0.25) is 0 Å². The Balaban J connectivity index is 1.89. The van der Waals surface area contributed by atoms with Crippen LogP contribution in [0.4, 0.5) is 5.13 Å². The number of ether oxygens (including phenoxy) is 3. The van der Waals surface area contributed by atoms with E-state index in [1.807, 2.05) is 6.92 Å². The average Bonchev–Trinajstić information content (AvgIpc) is 3.40. The van der Waals surface area contributed by atoms with Crippen molar-refractivity contribution in [2.75, 3.05) is 25.7 Å². The number of benzene rings is 2. The van der Waals surface area contributed by atoms with Crippen LogP contribution in [0.1, 0.15) is 39.5 Å². The Labute approximate surface area is 211 Å². The molecule has 186 valence electrons. The highest BCUT2D eigenvalue weighted by Gasteiger charge is 2.48. The molecule has 4 rings (SSSR count). The predicted octanol–water partition coefficient (Wildman–Crippen LogP) is 4.27. The Morgan fingerprint density at radius 2 is 1.69 bits per heavy atom. The number of aliphatic hydroxyl groups excluding tert-OH is 1. The minimum absolute atomic E-state index is 0.0956. The van der Waals surface area contributed by atoms with Gasteiger partial charge in [-0.25, -0.2) is 9.78 Å². The van der Waals surface area contributed by atoms with E-state index in [0.717, 1.165) is 11.3 Å². The van der Waals surface area contributed by atoms with Crippen molar-refractivity contribution >= 4 is 39.9 Å². The number of aromatic nitrogens is 1. The van der Waals surface area contributed by atoms with Gasteiger partial charge in [0.2, 0.25) is 0 Å². The van der Waals surface area contributed by atoms with Crippen molar-refractivity contribution in [1.29, 1.82) is 0 Å². The Morgan fingerprint density at radius 3 is 2.28 bits per heavy atom. The topological polar surface area (TPSA) is 115 Å². The van der Waals surface area contributed by atoms with E-state index in [1.165, 1.54) is 19.1 Å². The molecule has 3 aromatic rings. The molecule has 0 spiro atoms. The number of ketones is 1. The molecule has 9 nitrogen and oxygen atoms in total. The fourth-order valence-corrected chi connectivity index (χ4v) is 4.94. The molecule has 10 heteroatoms. The van der Waals surface area contributed by atoms with Gasteiger partial charge in [0.05, 0.1) is 38.1 Å². The van der Waals surface area contributed by atoms with Crippen molar-refractivity contribution < 1.29 is 33.7 Å². The second kappa shape index (κ2) is 10.2. The summed E-state index contributed by atoms with van der Waals surface area (Å²) in [5.41, 5.74) is 1.17. The molecule has 2 aromatic carbocycles. The van der Waals surface area contributed by atoms with Gasteiger partial charge < -0.3 is 19.3 Å². The Bertz CT molecular complexity index is 1340. The molecule has 1 saturated heterocycles. The number of thiazole rings is 1. The van der Waals surface area contributed by atoms with Gasteiger partial charge in [0, 0.05) is 5.56 Å². The quantitative estimate of drug-likeness (QED) is 0.218. The standard InChI is InChI=1S/C26H24N2O7S/c1-5-35-18-12-6-15(7-13-18)20-19(21(29)16-8-10-17(33-3)11-9-16)22(30)24(31)28(20)26-27-14(2)23(36-26)25(32)34-4/h6-13,20,29H,5H2,1-4H3/b21-19+. The lowest BCUT2D eigenvalue weighted by molar-refractivity contribution is -0.132. The number of esters is 1. The third kappa shape index (κ3) is 4.42. The monoisotopic (exact) mass is 508 g/mol. The van der Waals surface area contributed by atoms with Gasteiger partial charge in [-0.3, -0.25) is 14.5 Å². The first-order chi connectivity index (χ1) is 17.3. The lowest BCUT2D eigenvalue weighted by Crippen LogP contribution is -2.29. The molecular weight excluding hydrogens is 484 g/mol. The molecule has 0 saturated carbocycles. The van der Waals surface area contributed by atoms with Gasteiger partial charge in [-0.05, 0) is 55.8 Å². The molecular formula is C26H24N2O7S. The molecule has 0 aliphatic carbocycles. The van der Waals surface area contributed by atoms with Gasteiger partial charge in [0.15, 0.2) is 5.13 Å². The molecule has 1 fully saturated rings. The number of carbonyl (C=O) groups excluding carboxylic acids is 3. The molecule has 0 bridgehead atoms. The van der Waals surface area contributed by atoms with Crippen LogP contribution in [-0.4, -0.2) is 48.6 Å². The van der Waals surface area contributed by atoms with Crippen LogP contribution >= 0.6 is 11.3 Å². The van der Waals surface area contributed by atoms with Crippen molar-refractivity contribution in [3.8, 4) is 11.5 Å². The van der Waals surface area contributed by atoms with Crippen molar-refractivity contribution in [1.82, 2.24) is 4.98 Å². The molecule has 1 aliphatic heterocycles. The fraction of sp³-hybridized carbons (Fsp3) is 0.231.